The lowest BCUT2D eigenvalue weighted by Crippen LogP contribution is -2.58. The summed E-state index contributed by atoms with van der Waals surface area (Å²) >= 11 is 0. The maximum atomic E-state index is 12.9. The van der Waals surface area contributed by atoms with Crippen molar-refractivity contribution in [1.82, 2.24) is 20.0 Å². The number of benzene rings is 1. The lowest BCUT2D eigenvalue weighted by atomic mass is 9.85. The molecule has 0 spiro atoms. The monoisotopic (exact) mass is 471 g/mol. The van der Waals surface area contributed by atoms with Gasteiger partial charge in [-0.3, -0.25) is 9.80 Å². The van der Waals surface area contributed by atoms with E-state index < -0.39 is 5.60 Å². The molecule has 9 heteroatoms. The molecule has 0 saturated carbocycles. The first-order valence-electron chi connectivity index (χ1n) is 12.0. The van der Waals surface area contributed by atoms with Gasteiger partial charge in [-0.05, 0) is 70.2 Å². The molecular weight excluding hydrogens is 434 g/mol. The van der Waals surface area contributed by atoms with Gasteiger partial charge in [0, 0.05) is 32.7 Å². The zero-order valence-corrected chi connectivity index (χ0v) is 20.7. The van der Waals surface area contributed by atoms with Crippen LogP contribution in [0, 0.1) is 23.2 Å². The number of nitrogens with zero attached hydrogens (tertiary/aromatic N) is 4. The van der Waals surface area contributed by atoms with Crippen molar-refractivity contribution in [1.29, 1.82) is 5.26 Å². The summed E-state index contributed by atoms with van der Waals surface area (Å²) in [6.07, 6.45) is 0.747. The summed E-state index contributed by atoms with van der Waals surface area (Å²) in [4.78, 5) is 31.1. The number of nitriles is 1. The van der Waals surface area contributed by atoms with E-state index in [4.69, 9.17) is 14.7 Å². The number of piperidine rings is 2. The molecule has 3 rings (SSSR count). The number of carbonyl (C=O) groups excluding carboxylic acids is 2. The molecule has 2 aliphatic heterocycles. The van der Waals surface area contributed by atoms with Crippen LogP contribution >= 0.6 is 0 Å². The third-order valence-corrected chi connectivity index (χ3v) is 5.91. The largest absolute Gasteiger partial charge is 0.492 e. The summed E-state index contributed by atoms with van der Waals surface area (Å²) < 4.78 is 11.5. The smallest absolute Gasteiger partial charge is 0.411 e. The van der Waals surface area contributed by atoms with E-state index in [0.717, 1.165) is 32.6 Å². The highest BCUT2D eigenvalue weighted by atomic mass is 16.6. The van der Waals surface area contributed by atoms with Gasteiger partial charge in [0.1, 0.15) is 18.0 Å². The fourth-order valence-corrected chi connectivity index (χ4v) is 4.62. The predicted molar refractivity (Wildman–Crippen MR) is 128 cm³/mol. The van der Waals surface area contributed by atoms with E-state index >= 15 is 0 Å². The number of hydrogen-bond donors (Lipinski definition) is 1. The van der Waals surface area contributed by atoms with Gasteiger partial charge in [-0.1, -0.05) is 0 Å². The van der Waals surface area contributed by atoms with E-state index in [9.17, 15) is 9.59 Å². The quantitative estimate of drug-likeness (QED) is 0.656. The topological polar surface area (TPSA) is 98.1 Å². The molecule has 186 valence electrons. The summed E-state index contributed by atoms with van der Waals surface area (Å²) in [5, 5.41) is 11.8. The van der Waals surface area contributed by atoms with E-state index in [1.165, 1.54) is 0 Å². The molecular formula is C25H37N5O4. The average Bonchev–Trinajstić information content (AvgIpc) is 2.77. The van der Waals surface area contributed by atoms with Gasteiger partial charge >= 0.3 is 12.1 Å². The Morgan fingerprint density at radius 2 is 1.79 bits per heavy atom. The van der Waals surface area contributed by atoms with Crippen LogP contribution in [0.3, 0.4) is 0 Å². The lowest BCUT2D eigenvalue weighted by molar-refractivity contribution is -0.0110. The first kappa shape index (κ1) is 25.6. The molecule has 2 aliphatic rings. The minimum atomic E-state index is -0.588. The van der Waals surface area contributed by atoms with Crippen LogP contribution in [-0.4, -0.2) is 85.0 Å². The number of ether oxygens (including phenoxy) is 2. The first-order valence-corrected chi connectivity index (χ1v) is 12.0. The number of amides is 3. The minimum absolute atomic E-state index is 0.0148. The summed E-state index contributed by atoms with van der Waals surface area (Å²) in [7, 11) is 0. The Hall–Kier alpha value is -2.99. The Balaban J connectivity index is 1.58. The fourth-order valence-electron chi connectivity index (χ4n) is 4.62. The molecule has 2 unspecified atom stereocenters. The van der Waals surface area contributed by atoms with Crippen molar-refractivity contribution < 1.29 is 19.1 Å². The van der Waals surface area contributed by atoms with Crippen LogP contribution in [0.1, 0.15) is 39.7 Å². The Bertz CT molecular complexity index is 863. The number of hydrogen-bond acceptors (Lipinski definition) is 6. The van der Waals surface area contributed by atoms with E-state index in [2.05, 4.69) is 16.3 Å². The first-order chi connectivity index (χ1) is 16.2. The van der Waals surface area contributed by atoms with E-state index in [1.54, 1.807) is 29.2 Å². The van der Waals surface area contributed by atoms with Crippen LogP contribution in [-0.2, 0) is 4.74 Å². The highest BCUT2D eigenvalue weighted by molar-refractivity contribution is 5.74. The van der Waals surface area contributed by atoms with E-state index in [-0.39, 0.29) is 12.1 Å². The molecule has 2 bridgehead atoms. The molecule has 34 heavy (non-hydrogen) atoms. The highest BCUT2D eigenvalue weighted by Gasteiger charge is 2.37. The van der Waals surface area contributed by atoms with Gasteiger partial charge in [0.05, 0.1) is 24.8 Å². The van der Waals surface area contributed by atoms with E-state index in [1.807, 2.05) is 32.6 Å². The number of urea groups is 1. The summed E-state index contributed by atoms with van der Waals surface area (Å²) in [6, 6.07) is 9.02. The van der Waals surface area contributed by atoms with Crippen molar-refractivity contribution in [3.05, 3.63) is 29.8 Å². The minimum Gasteiger partial charge on any atom is -0.492 e. The average molecular weight is 472 g/mol. The third-order valence-electron chi connectivity index (χ3n) is 5.91. The van der Waals surface area contributed by atoms with Gasteiger partial charge < -0.3 is 19.7 Å². The van der Waals surface area contributed by atoms with Crippen molar-refractivity contribution in [2.75, 3.05) is 52.5 Å². The normalized spacial score (nSPS) is 20.3. The van der Waals surface area contributed by atoms with E-state index in [0.29, 0.717) is 49.5 Å². The standard InChI is InChI=1S/C25H37N5O4/c1-5-27-23(31)30-16-20-12-21(17-30)15-28(14-20)18-29(24(32)34-25(2,3)4)10-11-33-22-8-6-19(13-26)7-9-22/h6-9,20-21H,5,10-12,14-18H2,1-4H3,(H,27,31). The molecule has 0 radical (unpaired) electrons. The molecule has 0 aromatic heterocycles. The van der Waals surface area contributed by atoms with Gasteiger partial charge in [0.2, 0.25) is 0 Å². The number of rotatable bonds is 7. The Morgan fingerprint density at radius 1 is 1.15 bits per heavy atom. The van der Waals surface area contributed by atoms with Crippen LogP contribution in [0.25, 0.3) is 0 Å². The number of fused-ring (bicyclic) bond motifs is 2. The van der Waals surface area contributed by atoms with Gasteiger partial charge in [-0.2, -0.15) is 5.26 Å². The second-order valence-electron chi connectivity index (χ2n) is 10.1. The lowest BCUT2D eigenvalue weighted by Gasteiger charge is -2.46. The zero-order chi connectivity index (χ0) is 24.7. The van der Waals surface area contributed by atoms with Crippen molar-refractivity contribution in [3.8, 4) is 11.8 Å². The van der Waals surface area contributed by atoms with Gasteiger partial charge in [-0.25, -0.2) is 9.59 Å². The van der Waals surface area contributed by atoms with Gasteiger partial charge in [-0.15, -0.1) is 0 Å². The predicted octanol–water partition coefficient (Wildman–Crippen LogP) is 3.11. The third kappa shape index (κ3) is 7.52. The second-order valence-corrected chi connectivity index (χ2v) is 10.1. The highest BCUT2D eigenvalue weighted by Crippen LogP contribution is 2.29. The molecule has 1 aromatic carbocycles. The summed E-state index contributed by atoms with van der Waals surface area (Å²) in [5.41, 5.74) is -0.0152. The van der Waals surface area contributed by atoms with Gasteiger partial charge in [0.25, 0.3) is 0 Å². The molecule has 2 fully saturated rings. The van der Waals surface area contributed by atoms with Crippen molar-refractivity contribution in [2.45, 2.75) is 39.7 Å². The number of nitrogens with one attached hydrogen (secondary N) is 1. The van der Waals surface area contributed by atoms with Crippen LogP contribution < -0.4 is 10.1 Å². The SMILES string of the molecule is CCNC(=O)N1CC2CC(CN(CN(CCOc3ccc(C#N)cc3)C(=O)OC(C)(C)C)C2)C1. The number of likely N-dealkylation sites (tertiary alicyclic amines) is 2. The maximum absolute atomic E-state index is 12.9. The van der Waals surface area contributed by atoms with Crippen LogP contribution in [0.4, 0.5) is 9.59 Å². The van der Waals surface area contributed by atoms with Gasteiger partial charge in [0.15, 0.2) is 0 Å². The second kappa shape index (κ2) is 11.4. The molecule has 9 nitrogen and oxygen atoms in total. The summed E-state index contributed by atoms with van der Waals surface area (Å²) in [5.74, 6) is 1.44. The Labute approximate surface area is 202 Å². The van der Waals surface area contributed by atoms with Crippen LogP contribution in [0.15, 0.2) is 24.3 Å². The zero-order valence-electron chi connectivity index (χ0n) is 20.7. The molecule has 1 aromatic rings. The Kier molecular flexibility index (Phi) is 8.61. The van der Waals surface area contributed by atoms with Crippen LogP contribution in [0.2, 0.25) is 0 Å². The maximum Gasteiger partial charge on any atom is 0.411 e. The van der Waals surface area contributed by atoms with Crippen molar-refractivity contribution in [2.24, 2.45) is 11.8 Å². The molecule has 2 heterocycles. The van der Waals surface area contributed by atoms with Crippen LogP contribution in [0.5, 0.6) is 5.75 Å². The van der Waals surface area contributed by atoms with Crippen molar-refractivity contribution in [3.63, 3.8) is 0 Å². The van der Waals surface area contributed by atoms with Crippen molar-refractivity contribution >= 4 is 12.1 Å². The molecule has 1 N–H and O–H groups in total. The summed E-state index contributed by atoms with van der Waals surface area (Å²) in [6.45, 7) is 12.5. The fraction of sp³-hybridized carbons (Fsp3) is 0.640. The number of carbonyl (C=O) groups is 2. The molecule has 3 amide bonds. The molecule has 0 aliphatic carbocycles. The Morgan fingerprint density at radius 3 is 2.35 bits per heavy atom. The molecule has 2 atom stereocenters. The molecule has 2 saturated heterocycles.